The lowest BCUT2D eigenvalue weighted by Gasteiger charge is -2.36. The maximum Gasteiger partial charge on any atom is 0.240 e. The van der Waals surface area contributed by atoms with Crippen LogP contribution < -0.4 is 21.5 Å². The third kappa shape index (κ3) is 4.21. The highest BCUT2D eigenvalue weighted by Gasteiger charge is 2.44. The first-order valence-corrected chi connectivity index (χ1v) is 10.2. The van der Waals surface area contributed by atoms with Gasteiger partial charge >= 0.3 is 0 Å². The van der Waals surface area contributed by atoms with E-state index in [4.69, 9.17) is 10.7 Å². The van der Waals surface area contributed by atoms with Gasteiger partial charge in [0.25, 0.3) is 0 Å². The number of piperidine rings is 1. The number of fused-ring (bicyclic) bond motifs is 1. The van der Waals surface area contributed by atoms with Gasteiger partial charge in [-0.1, -0.05) is 25.1 Å². The molecule has 3 heterocycles. The van der Waals surface area contributed by atoms with E-state index in [1.54, 1.807) is 30.8 Å². The molecule has 3 rings (SSSR count). The van der Waals surface area contributed by atoms with Crippen LogP contribution in [-0.4, -0.2) is 65.8 Å². The number of nitrogens with one attached hydrogen (secondary N) is 2. The number of thioether (sulfide) groups is 1. The van der Waals surface area contributed by atoms with Gasteiger partial charge in [0.15, 0.2) is 5.16 Å². The third-order valence-corrected chi connectivity index (χ3v) is 5.92. The number of hydrogen-bond donors (Lipinski definition) is 3. The minimum Gasteiger partial charge on any atom is -0.383 e. The van der Waals surface area contributed by atoms with Crippen LogP contribution in [0.3, 0.4) is 0 Å². The lowest BCUT2D eigenvalue weighted by molar-refractivity contribution is -0.131. The van der Waals surface area contributed by atoms with Crippen LogP contribution in [0.15, 0.2) is 11.2 Å². The van der Waals surface area contributed by atoms with E-state index in [1.165, 1.54) is 0 Å². The summed E-state index contributed by atoms with van der Waals surface area (Å²) in [5.41, 5.74) is 12.5. The van der Waals surface area contributed by atoms with Crippen LogP contribution in [-0.2, 0) is 4.79 Å². The number of hydrogen-bond acceptors (Lipinski definition) is 8. The van der Waals surface area contributed by atoms with E-state index in [1.807, 2.05) is 6.07 Å². The van der Waals surface area contributed by atoms with Crippen molar-refractivity contribution in [1.82, 2.24) is 25.7 Å². The van der Waals surface area contributed by atoms with Crippen LogP contribution in [0.4, 0.5) is 11.6 Å². The minimum absolute atomic E-state index is 0.102. The Balaban J connectivity index is 1.73. The molecule has 1 aromatic heterocycles. The molecule has 26 heavy (non-hydrogen) atoms. The molecular weight excluding hydrogens is 350 g/mol. The number of nitrogen functional groups attached to an aromatic ring is 1. The number of anilines is 2. The first-order chi connectivity index (χ1) is 12.5. The van der Waals surface area contributed by atoms with Crippen LogP contribution in [0.25, 0.3) is 0 Å². The molecule has 0 aliphatic carbocycles. The number of carbonyl (C=O) groups excluding carboxylic acids is 1. The second-order valence-corrected chi connectivity index (χ2v) is 8.20. The Hall–Kier alpha value is -1.58. The molecule has 0 bridgehead atoms. The average Bonchev–Trinajstić information content (AvgIpc) is 3.03. The lowest BCUT2D eigenvalue weighted by atomic mass is 9.88. The lowest BCUT2D eigenvalue weighted by Crippen LogP contribution is -2.50. The van der Waals surface area contributed by atoms with Crippen LogP contribution >= 0.6 is 11.8 Å². The fourth-order valence-electron chi connectivity index (χ4n) is 3.50. The molecule has 1 amide bonds. The highest BCUT2D eigenvalue weighted by atomic mass is 32.2. The van der Waals surface area contributed by atoms with E-state index in [0.717, 1.165) is 49.1 Å². The van der Waals surface area contributed by atoms with Crippen molar-refractivity contribution in [3.8, 4) is 0 Å². The minimum atomic E-state index is -0.213. The van der Waals surface area contributed by atoms with Gasteiger partial charge in [0, 0.05) is 51.0 Å². The molecule has 0 aromatic carbocycles. The molecule has 0 saturated carbocycles. The summed E-state index contributed by atoms with van der Waals surface area (Å²) in [6.07, 6.45) is 3.24. The van der Waals surface area contributed by atoms with Crippen molar-refractivity contribution >= 4 is 29.3 Å². The Bertz CT molecular complexity index is 642. The van der Waals surface area contributed by atoms with Gasteiger partial charge in [-0.05, 0) is 12.8 Å². The van der Waals surface area contributed by atoms with Gasteiger partial charge in [-0.25, -0.2) is 15.4 Å². The number of aromatic nitrogens is 2. The highest BCUT2D eigenvalue weighted by Crippen LogP contribution is 2.29. The summed E-state index contributed by atoms with van der Waals surface area (Å²) in [5, 5.41) is 0.735. The van der Waals surface area contributed by atoms with E-state index in [-0.39, 0.29) is 17.9 Å². The van der Waals surface area contributed by atoms with Crippen molar-refractivity contribution in [1.29, 1.82) is 0 Å². The van der Waals surface area contributed by atoms with Crippen LogP contribution in [0.2, 0.25) is 0 Å². The van der Waals surface area contributed by atoms with Crippen molar-refractivity contribution in [3.63, 3.8) is 0 Å². The predicted molar refractivity (Wildman–Crippen MR) is 105 cm³/mol. The first-order valence-electron chi connectivity index (χ1n) is 9.24. The molecule has 2 aliphatic rings. The van der Waals surface area contributed by atoms with E-state index in [0.29, 0.717) is 11.9 Å². The van der Waals surface area contributed by atoms with Gasteiger partial charge in [-0.2, -0.15) is 0 Å². The van der Waals surface area contributed by atoms with Gasteiger partial charge in [0.05, 0.1) is 0 Å². The molecule has 0 spiro atoms. The van der Waals surface area contributed by atoms with E-state index in [2.05, 4.69) is 27.7 Å². The first kappa shape index (κ1) is 19.2. The Labute approximate surface area is 159 Å². The molecule has 2 saturated heterocycles. The highest BCUT2D eigenvalue weighted by molar-refractivity contribution is 7.99. The molecule has 3 atom stereocenters. The summed E-state index contributed by atoms with van der Waals surface area (Å²) in [7, 11) is 3.59. The van der Waals surface area contributed by atoms with Crippen molar-refractivity contribution < 1.29 is 4.79 Å². The normalized spacial score (nSPS) is 25.2. The van der Waals surface area contributed by atoms with Crippen molar-refractivity contribution in [3.05, 3.63) is 6.07 Å². The molecule has 0 radical (unpaired) electrons. The predicted octanol–water partition coefficient (Wildman–Crippen LogP) is 0.711. The Morgan fingerprint density at radius 1 is 1.42 bits per heavy atom. The quantitative estimate of drug-likeness (QED) is 0.378. The summed E-state index contributed by atoms with van der Waals surface area (Å²) >= 11 is 1.65. The summed E-state index contributed by atoms with van der Waals surface area (Å²) < 4.78 is 0. The maximum absolute atomic E-state index is 12.5. The number of amides is 1. The van der Waals surface area contributed by atoms with Crippen molar-refractivity contribution in [2.24, 2.45) is 5.92 Å². The van der Waals surface area contributed by atoms with E-state index < -0.39 is 0 Å². The average molecular weight is 380 g/mol. The summed E-state index contributed by atoms with van der Waals surface area (Å²) in [5.74, 6) is 2.66. The topological polar surface area (TPSA) is 99.4 Å². The fraction of sp³-hybridized carbons (Fsp3) is 0.706. The molecule has 2 fully saturated rings. The summed E-state index contributed by atoms with van der Waals surface area (Å²) in [6, 6.07) is 1.93. The fourth-order valence-corrected chi connectivity index (χ4v) is 4.44. The zero-order valence-corrected chi connectivity index (χ0v) is 16.6. The Morgan fingerprint density at radius 2 is 2.23 bits per heavy atom. The van der Waals surface area contributed by atoms with Gasteiger partial charge in [0.1, 0.15) is 17.7 Å². The largest absolute Gasteiger partial charge is 0.383 e. The zero-order chi connectivity index (χ0) is 18.7. The number of hydrazine groups is 1. The number of carbonyl (C=O) groups is 1. The van der Waals surface area contributed by atoms with Crippen LogP contribution in [0.1, 0.15) is 26.2 Å². The SMILES string of the molecule is CCCCSc1nc(N)cc(N2CCC3NNC(C(=O)N(C)C)C3C2)n1. The molecule has 9 heteroatoms. The molecule has 2 aliphatic heterocycles. The van der Waals surface area contributed by atoms with E-state index >= 15 is 0 Å². The summed E-state index contributed by atoms with van der Waals surface area (Å²) in [4.78, 5) is 25.4. The molecule has 144 valence electrons. The van der Waals surface area contributed by atoms with E-state index in [9.17, 15) is 4.79 Å². The Kier molecular flexibility index (Phi) is 6.20. The molecule has 1 aromatic rings. The number of rotatable bonds is 6. The van der Waals surface area contributed by atoms with Crippen molar-refractivity contribution in [2.45, 2.75) is 43.4 Å². The summed E-state index contributed by atoms with van der Waals surface area (Å²) in [6.45, 7) is 3.82. The molecule has 4 N–H and O–H groups in total. The van der Waals surface area contributed by atoms with Gasteiger partial charge < -0.3 is 15.5 Å². The second kappa shape index (κ2) is 8.41. The number of nitrogens with zero attached hydrogens (tertiary/aromatic N) is 4. The second-order valence-electron chi connectivity index (χ2n) is 7.14. The Morgan fingerprint density at radius 3 is 2.96 bits per heavy atom. The molecule has 8 nitrogen and oxygen atoms in total. The van der Waals surface area contributed by atoms with Crippen LogP contribution in [0.5, 0.6) is 0 Å². The zero-order valence-electron chi connectivity index (χ0n) is 15.7. The maximum atomic E-state index is 12.5. The monoisotopic (exact) mass is 379 g/mol. The van der Waals surface area contributed by atoms with Gasteiger partial charge in [-0.15, -0.1) is 0 Å². The standard InChI is InChI=1S/C17H29N7OS/c1-4-5-8-26-17-19-13(18)9-14(20-17)24-7-6-12-11(10-24)15(22-21-12)16(25)23(2)3/h9,11-12,15,21-22H,4-8,10H2,1-3H3,(H2,18,19,20). The smallest absolute Gasteiger partial charge is 0.240 e. The molecule has 3 unspecified atom stereocenters. The van der Waals surface area contributed by atoms with Gasteiger partial charge in [-0.3, -0.25) is 10.2 Å². The third-order valence-electron chi connectivity index (χ3n) is 4.98. The number of likely N-dealkylation sites (N-methyl/N-ethyl adjacent to an activating group) is 1. The number of nitrogens with two attached hydrogens (primary N) is 1. The van der Waals surface area contributed by atoms with Crippen LogP contribution in [0, 0.1) is 5.92 Å². The number of unbranched alkanes of at least 4 members (excludes halogenated alkanes) is 1. The van der Waals surface area contributed by atoms with Gasteiger partial charge in [0.2, 0.25) is 5.91 Å². The van der Waals surface area contributed by atoms with Crippen molar-refractivity contribution in [2.75, 3.05) is 43.6 Å². The molecular formula is C17H29N7OS.